The molecule has 0 aliphatic carbocycles. The fraction of sp³-hybridized carbons (Fsp3) is 0.432. The second-order valence-electron chi connectivity index (χ2n) is 15.1. The number of nitrogens with one attached hydrogen (secondary N) is 1. The topological polar surface area (TPSA) is 140 Å². The van der Waals surface area contributed by atoms with Crippen molar-refractivity contribution in [3.63, 3.8) is 0 Å². The summed E-state index contributed by atoms with van der Waals surface area (Å²) in [7, 11) is -0.684. The average Bonchev–Trinajstić information content (AvgIpc) is 3.03. The lowest BCUT2D eigenvalue weighted by atomic mass is 9.87. The molecule has 1 aliphatic rings. The Balaban J connectivity index is 1.64. The van der Waals surface area contributed by atoms with Crippen LogP contribution in [0.25, 0.3) is 11.3 Å². The van der Waals surface area contributed by atoms with E-state index < -0.39 is 16.1 Å². The smallest absolute Gasteiger partial charge is 0.264 e. The molecule has 0 saturated carbocycles. The first-order chi connectivity index (χ1) is 23.4. The fourth-order valence-electron chi connectivity index (χ4n) is 6.09. The van der Waals surface area contributed by atoms with Gasteiger partial charge in [0.1, 0.15) is 18.2 Å². The zero-order valence-electron chi connectivity index (χ0n) is 30.3. The van der Waals surface area contributed by atoms with Gasteiger partial charge in [-0.1, -0.05) is 59.7 Å². The number of anilines is 2. The Bertz CT molecular complexity index is 1970. The highest BCUT2D eigenvalue weighted by molar-refractivity contribution is 7.92. The highest BCUT2D eigenvalue weighted by atomic mass is 32.2. The second kappa shape index (κ2) is 14.2. The number of ether oxygens (including phenoxy) is 2. The number of aromatic nitrogens is 4. The monoisotopic (exact) mass is 701 g/mol. The Labute approximate surface area is 295 Å². The highest BCUT2D eigenvalue weighted by Crippen LogP contribution is 2.35. The van der Waals surface area contributed by atoms with Crippen LogP contribution in [0.3, 0.4) is 0 Å². The number of rotatable bonds is 7. The van der Waals surface area contributed by atoms with Crippen LogP contribution in [0, 0.1) is 17.8 Å². The van der Waals surface area contributed by atoms with Crippen molar-refractivity contribution in [1.29, 1.82) is 0 Å². The van der Waals surface area contributed by atoms with Gasteiger partial charge in [0.05, 0.1) is 48.4 Å². The van der Waals surface area contributed by atoms with E-state index >= 15 is 0 Å². The molecular weight excluding hydrogens is 655 g/mol. The van der Waals surface area contributed by atoms with Crippen molar-refractivity contribution in [3.8, 4) is 22.9 Å². The van der Waals surface area contributed by atoms with Gasteiger partial charge >= 0.3 is 0 Å². The van der Waals surface area contributed by atoms with Crippen LogP contribution in [0.15, 0.2) is 65.8 Å². The molecule has 0 radical (unpaired) electrons. The van der Waals surface area contributed by atoms with Gasteiger partial charge in [-0.25, -0.2) is 23.1 Å². The molecule has 0 unspecified atom stereocenters. The van der Waals surface area contributed by atoms with Crippen LogP contribution in [-0.4, -0.2) is 72.5 Å². The predicted octanol–water partition coefficient (Wildman–Crippen LogP) is 6.37. The maximum Gasteiger partial charge on any atom is 0.264 e. The maximum atomic E-state index is 14.5. The summed E-state index contributed by atoms with van der Waals surface area (Å²) in [6.45, 7) is 15.6. The number of amides is 1. The summed E-state index contributed by atoms with van der Waals surface area (Å²) in [6, 6.07) is 12.8. The van der Waals surface area contributed by atoms with E-state index in [0.29, 0.717) is 34.9 Å². The summed E-state index contributed by atoms with van der Waals surface area (Å²) in [5, 5.41) is 0. The van der Waals surface area contributed by atoms with Gasteiger partial charge in [-0.2, -0.15) is 4.98 Å². The molecule has 1 atom stereocenters. The van der Waals surface area contributed by atoms with Gasteiger partial charge in [0.25, 0.3) is 15.9 Å². The number of carbonyl (C=O) groups excluding carboxylic acids is 1. The van der Waals surface area contributed by atoms with Gasteiger partial charge in [0.2, 0.25) is 11.8 Å². The lowest BCUT2D eigenvalue weighted by molar-refractivity contribution is 0.0509. The standard InChI is InChI=1S/C37H47N7O5S/c1-24-12-10-15-30(48-9)33(24)29-17-32-41-35(40-29)42-50(46,47)28-14-11-13-25(16-28)34(45)44(27(22-49-32)18-36(2,3)4)21-26-19-38-20-31(39-26)43(8)23-37(5,6)7/h10-17,19-20,27H,18,21-23H2,1-9H3,(H,40,41,42)/t27-/m1/s1. The van der Waals surface area contributed by atoms with Crippen molar-refractivity contribution in [2.45, 2.75) is 72.4 Å². The molecule has 2 aromatic carbocycles. The summed E-state index contributed by atoms with van der Waals surface area (Å²) < 4.78 is 42.0. The number of sulfonamides is 1. The Kier molecular flexibility index (Phi) is 10.4. The largest absolute Gasteiger partial charge is 0.496 e. The molecule has 4 aromatic rings. The van der Waals surface area contributed by atoms with Crippen molar-refractivity contribution < 1.29 is 22.7 Å². The van der Waals surface area contributed by atoms with E-state index in [1.165, 1.54) is 12.1 Å². The predicted molar refractivity (Wildman–Crippen MR) is 194 cm³/mol. The van der Waals surface area contributed by atoms with Gasteiger partial charge in [-0.3, -0.25) is 9.78 Å². The van der Waals surface area contributed by atoms with Crippen LogP contribution >= 0.6 is 0 Å². The Morgan fingerprint density at radius 2 is 1.74 bits per heavy atom. The van der Waals surface area contributed by atoms with E-state index in [1.54, 1.807) is 42.6 Å². The molecule has 12 nitrogen and oxygen atoms in total. The van der Waals surface area contributed by atoms with Crippen molar-refractivity contribution in [2.24, 2.45) is 10.8 Å². The summed E-state index contributed by atoms with van der Waals surface area (Å²) >= 11 is 0. The molecule has 13 heteroatoms. The molecule has 2 aromatic heterocycles. The van der Waals surface area contributed by atoms with Crippen molar-refractivity contribution in [1.82, 2.24) is 24.8 Å². The van der Waals surface area contributed by atoms with Gasteiger partial charge < -0.3 is 19.3 Å². The average molecular weight is 702 g/mol. The number of methoxy groups -OCH3 is 1. The molecule has 266 valence electrons. The number of hydrogen-bond acceptors (Lipinski definition) is 10. The third-order valence-corrected chi connectivity index (χ3v) is 9.44. The molecule has 5 rings (SSSR count). The SMILES string of the molecule is COc1cccc(C)c1-c1cc2nc(n1)NS(=O)(=O)c1cccc(c1)C(=O)N(Cc1cncc(N(C)CC(C)(C)C)n1)[C@H](CC(C)(C)C)CO2. The molecule has 3 heterocycles. The lowest BCUT2D eigenvalue weighted by Crippen LogP contribution is -2.45. The third kappa shape index (κ3) is 8.87. The first kappa shape index (κ1) is 36.5. The highest BCUT2D eigenvalue weighted by Gasteiger charge is 2.32. The number of aryl methyl sites for hydroxylation is 1. The number of carbonyl (C=O) groups is 1. The molecule has 0 saturated heterocycles. The molecule has 1 amide bonds. The van der Waals surface area contributed by atoms with E-state index in [2.05, 4.69) is 61.2 Å². The van der Waals surface area contributed by atoms with E-state index in [-0.39, 0.29) is 52.2 Å². The summed E-state index contributed by atoms with van der Waals surface area (Å²) in [4.78, 5) is 36.6. The number of fused-ring (bicyclic) bond motifs is 4. The number of hydrogen-bond donors (Lipinski definition) is 1. The van der Waals surface area contributed by atoms with E-state index in [1.807, 2.05) is 37.1 Å². The quantitative estimate of drug-likeness (QED) is 0.231. The molecule has 4 bridgehead atoms. The molecular formula is C37H47N7O5S. The van der Waals surface area contributed by atoms with E-state index in [9.17, 15) is 13.2 Å². The first-order valence-corrected chi connectivity index (χ1v) is 18.0. The zero-order chi connectivity index (χ0) is 36.4. The Hall–Kier alpha value is -4.78. The van der Waals surface area contributed by atoms with Crippen LogP contribution in [0.2, 0.25) is 0 Å². The zero-order valence-corrected chi connectivity index (χ0v) is 31.1. The Morgan fingerprint density at radius 3 is 2.44 bits per heavy atom. The van der Waals surface area contributed by atoms with Crippen LogP contribution < -0.4 is 19.1 Å². The van der Waals surface area contributed by atoms with Crippen molar-refractivity contribution in [2.75, 3.05) is 36.9 Å². The minimum Gasteiger partial charge on any atom is -0.496 e. The van der Waals surface area contributed by atoms with Gasteiger partial charge in [-0.15, -0.1) is 0 Å². The van der Waals surface area contributed by atoms with Gasteiger partial charge in [-0.05, 0) is 54.0 Å². The van der Waals surface area contributed by atoms with Crippen molar-refractivity contribution in [3.05, 3.63) is 77.7 Å². The minimum atomic E-state index is -4.22. The molecule has 0 fully saturated rings. The molecule has 0 spiro atoms. The van der Waals surface area contributed by atoms with Gasteiger partial charge in [0, 0.05) is 30.8 Å². The normalized spacial score (nSPS) is 16.3. The van der Waals surface area contributed by atoms with Gasteiger partial charge in [0.15, 0.2) is 0 Å². The lowest BCUT2D eigenvalue weighted by Gasteiger charge is -2.35. The maximum absolute atomic E-state index is 14.5. The van der Waals surface area contributed by atoms with Crippen LogP contribution in [-0.2, 0) is 16.6 Å². The Morgan fingerprint density at radius 1 is 1.00 bits per heavy atom. The van der Waals surface area contributed by atoms with E-state index in [4.69, 9.17) is 14.5 Å². The van der Waals surface area contributed by atoms with Crippen LogP contribution in [0.4, 0.5) is 11.8 Å². The van der Waals surface area contributed by atoms with Crippen molar-refractivity contribution >= 4 is 27.7 Å². The second-order valence-corrected chi connectivity index (χ2v) is 16.8. The van der Waals surface area contributed by atoms with Crippen LogP contribution in [0.1, 0.15) is 69.6 Å². The molecule has 50 heavy (non-hydrogen) atoms. The first-order valence-electron chi connectivity index (χ1n) is 16.5. The molecule has 1 aliphatic heterocycles. The fourth-order valence-corrected chi connectivity index (χ4v) is 7.08. The minimum absolute atomic E-state index is 0.0263. The third-order valence-electron chi connectivity index (χ3n) is 8.11. The number of nitrogens with zero attached hydrogens (tertiary/aromatic N) is 6. The summed E-state index contributed by atoms with van der Waals surface area (Å²) in [5.41, 5.74) is 2.56. The van der Waals surface area contributed by atoms with Crippen LogP contribution in [0.5, 0.6) is 11.6 Å². The summed E-state index contributed by atoms with van der Waals surface area (Å²) in [5.74, 6) is 0.854. The molecule has 1 N–H and O–H groups in total. The summed E-state index contributed by atoms with van der Waals surface area (Å²) in [6.07, 6.45) is 3.92. The number of benzene rings is 2. The van der Waals surface area contributed by atoms with E-state index in [0.717, 1.165) is 12.1 Å².